The molecule has 25 heavy (non-hydrogen) atoms. The molecule has 0 spiro atoms. The fourth-order valence-corrected chi connectivity index (χ4v) is 3.32. The van der Waals surface area contributed by atoms with Crippen LogP contribution in [0.3, 0.4) is 0 Å². The zero-order valence-electron chi connectivity index (χ0n) is 15.8. The van der Waals surface area contributed by atoms with E-state index in [9.17, 15) is 4.79 Å². The number of nitrogens with zero attached hydrogens (tertiary/aromatic N) is 2. The number of methoxy groups -OCH3 is 2. The highest BCUT2D eigenvalue weighted by Crippen LogP contribution is 2.28. The van der Waals surface area contributed by atoms with E-state index < -0.39 is 0 Å². The number of likely N-dealkylation sites (N-methyl/N-ethyl adjacent to an activating group) is 1. The molecule has 1 atom stereocenters. The lowest BCUT2D eigenvalue weighted by Crippen LogP contribution is -2.42. The van der Waals surface area contributed by atoms with Crippen LogP contribution in [-0.4, -0.2) is 62.1 Å². The van der Waals surface area contributed by atoms with Gasteiger partial charge >= 0.3 is 0 Å². The number of likely N-dealkylation sites (tertiary alicyclic amines) is 1. The zero-order valence-corrected chi connectivity index (χ0v) is 15.8. The van der Waals surface area contributed by atoms with Crippen molar-refractivity contribution in [2.45, 2.75) is 32.7 Å². The van der Waals surface area contributed by atoms with Gasteiger partial charge in [-0.15, -0.1) is 0 Å². The van der Waals surface area contributed by atoms with Crippen LogP contribution in [0.15, 0.2) is 24.3 Å². The van der Waals surface area contributed by atoms with Crippen LogP contribution in [0.2, 0.25) is 0 Å². The largest absolute Gasteiger partial charge is 0.493 e. The predicted molar refractivity (Wildman–Crippen MR) is 101 cm³/mol. The smallest absolute Gasteiger partial charge is 0.246 e. The van der Waals surface area contributed by atoms with Crippen molar-refractivity contribution in [1.82, 2.24) is 9.80 Å². The quantitative estimate of drug-likeness (QED) is 0.679. The monoisotopic (exact) mass is 346 g/mol. The van der Waals surface area contributed by atoms with Crippen molar-refractivity contribution in [1.29, 1.82) is 0 Å². The lowest BCUT2D eigenvalue weighted by Gasteiger charge is -2.29. The Morgan fingerprint density at radius 1 is 1.24 bits per heavy atom. The Bertz CT molecular complexity index is 597. The van der Waals surface area contributed by atoms with E-state index in [0.717, 1.165) is 44.6 Å². The molecule has 1 fully saturated rings. The second kappa shape index (κ2) is 9.47. The highest BCUT2D eigenvalue weighted by Gasteiger charge is 2.28. The summed E-state index contributed by atoms with van der Waals surface area (Å²) in [6, 6.07) is 5.97. The normalized spacial score (nSPS) is 17.5. The molecule has 2 rings (SSSR count). The fourth-order valence-electron chi connectivity index (χ4n) is 3.32. The van der Waals surface area contributed by atoms with Crippen molar-refractivity contribution in [2.24, 2.45) is 0 Å². The Balaban J connectivity index is 2.04. The number of hydrogen-bond acceptors (Lipinski definition) is 4. The van der Waals surface area contributed by atoms with Crippen molar-refractivity contribution in [3.8, 4) is 11.5 Å². The first kappa shape index (κ1) is 19.3. The van der Waals surface area contributed by atoms with E-state index in [1.54, 1.807) is 20.3 Å². The van der Waals surface area contributed by atoms with Gasteiger partial charge in [-0.2, -0.15) is 0 Å². The molecule has 1 aliphatic rings. The first-order valence-electron chi connectivity index (χ1n) is 9.06. The summed E-state index contributed by atoms with van der Waals surface area (Å²) in [7, 11) is 3.22. The van der Waals surface area contributed by atoms with E-state index in [1.807, 2.05) is 29.2 Å². The number of hydrogen-bond donors (Lipinski definition) is 0. The molecule has 138 valence electrons. The molecule has 1 aromatic rings. The van der Waals surface area contributed by atoms with Crippen LogP contribution in [0.1, 0.15) is 32.3 Å². The van der Waals surface area contributed by atoms with Gasteiger partial charge in [-0.25, -0.2) is 0 Å². The Morgan fingerprint density at radius 3 is 2.60 bits per heavy atom. The number of carbonyl (C=O) groups excluding carboxylic acids is 1. The third-order valence-corrected chi connectivity index (χ3v) is 4.85. The van der Waals surface area contributed by atoms with Gasteiger partial charge in [0.15, 0.2) is 11.5 Å². The van der Waals surface area contributed by atoms with Crippen molar-refractivity contribution < 1.29 is 14.3 Å². The lowest BCUT2D eigenvalue weighted by atomic mass is 10.1. The molecular formula is C20H30N2O3. The maximum Gasteiger partial charge on any atom is 0.246 e. The van der Waals surface area contributed by atoms with Crippen molar-refractivity contribution in [2.75, 3.05) is 40.4 Å². The summed E-state index contributed by atoms with van der Waals surface area (Å²) in [5, 5.41) is 0. The summed E-state index contributed by atoms with van der Waals surface area (Å²) in [5.41, 5.74) is 0.922. The maximum atomic E-state index is 12.6. The molecule has 1 aromatic carbocycles. The molecular weight excluding hydrogens is 316 g/mol. The molecule has 5 heteroatoms. The van der Waals surface area contributed by atoms with Gasteiger partial charge in [0, 0.05) is 25.2 Å². The Labute approximate surface area is 151 Å². The highest BCUT2D eigenvalue weighted by molar-refractivity contribution is 5.92. The summed E-state index contributed by atoms with van der Waals surface area (Å²) in [6.07, 6.45) is 5.69. The Hall–Kier alpha value is -2.01. The molecule has 1 amide bonds. The van der Waals surface area contributed by atoms with Gasteiger partial charge in [0.05, 0.1) is 14.2 Å². The molecule has 0 saturated carbocycles. The van der Waals surface area contributed by atoms with Gasteiger partial charge in [0.1, 0.15) is 0 Å². The molecule has 0 aliphatic carbocycles. The second-order valence-electron chi connectivity index (χ2n) is 6.26. The molecule has 1 saturated heterocycles. The van der Waals surface area contributed by atoms with Gasteiger partial charge in [0.25, 0.3) is 0 Å². The number of carbonyl (C=O) groups is 1. The van der Waals surface area contributed by atoms with Gasteiger partial charge < -0.3 is 19.3 Å². The zero-order chi connectivity index (χ0) is 18.2. The summed E-state index contributed by atoms with van der Waals surface area (Å²) < 4.78 is 10.6. The van der Waals surface area contributed by atoms with Gasteiger partial charge in [-0.1, -0.05) is 19.9 Å². The van der Waals surface area contributed by atoms with E-state index in [0.29, 0.717) is 17.5 Å². The number of ether oxygens (including phenoxy) is 2. The van der Waals surface area contributed by atoms with Crippen LogP contribution in [0.4, 0.5) is 0 Å². The minimum absolute atomic E-state index is 0.0874. The molecule has 0 aromatic heterocycles. The minimum Gasteiger partial charge on any atom is -0.493 e. The van der Waals surface area contributed by atoms with E-state index >= 15 is 0 Å². The topological polar surface area (TPSA) is 42.0 Å². The summed E-state index contributed by atoms with van der Waals surface area (Å²) in [5.74, 6) is 1.44. The number of rotatable bonds is 8. The van der Waals surface area contributed by atoms with Gasteiger partial charge in [-0.05, 0) is 49.7 Å². The van der Waals surface area contributed by atoms with Crippen LogP contribution in [-0.2, 0) is 4.79 Å². The first-order valence-corrected chi connectivity index (χ1v) is 9.06. The third-order valence-electron chi connectivity index (χ3n) is 4.85. The molecule has 0 radical (unpaired) electrons. The van der Waals surface area contributed by atoms with Gasteiger partial charge in [0.2, 0.25) is 5.91 Å². The average Bonchev–Trinajstić information content (AvgIpc) is 3.12. The summed E-state index contributed by atoms with van der Waals surface area (Å²) >= 11 is 0. The number of amides is 1. The molecule has 5 nitrogen and oxygen atoms in total. The molecule has 0 bridgehead atoms. The van der Waals surface area contributed by atoms with Crippen LogP contribution in [0.5, 0.6) is 11.5 Å². The first-order chi connectivity index (χ1) is 12.1. The maximum absolute atomic E-state index is 12.6. The van der Waals surface area contributed by atoms with Crippen LogP contribution in [0.25, 0.3) is 6.08 Å². The minimum atomic E-state index is 0.0874. The Morgan fingerprint density at radius 2 is 1.96 bits per heavy atom. The van der Waals surface area contributed by atoms with E-state index in [1.165, 1.54) is 0 Å². The Kier molecular flexibility index (Phi) is 7.31. The molecule has 0 unspecified atom stereocenters. The van der Waals surface area contributed by atoms with Crippen molar-refractivity contribution in [3.05, 3.63) is 29.8 Å². The lowest BCUT2D eigenvalue weighted by molar-refractivity contribution is -0.127. The van der Waals surface area contributed by atoms with Crippen molar-refractivity contribution >= 4 is 12.0 Å². The van der Waals surface area contributed by atoms with E-state index in [2.05, 4.69) is 18.7 Å². The van der Waals surface area contributed by atoms with Crippen LogP contribution in [0, 0.1) is 0 Å². The molecule has 0 N–H and O–H groups in total. The number of benzene rings is 1. The summed E-state index contributed by atoms with van der Waals surface area (Å²) in [6.45, 7) is 8.19. The highest BCUT2D eigenvalue weighted by atomic mass is 16.5. The second-order valence-corrected chi connectivity index (χ2v) is 6.26. The SMILES string of the molecule is CCN(CC)C[C@@H]1CCCN1C(=O)/C=C/c1ccc(OC)c(OC)c1. The van der Waals surface area contributed by atoms with Crippen molar-refractivity contribution in [3.63, 3.8) is 0 Å². The average molecular weight is 346 g/mol. The van der Waals surface area contributed by atoms with E-state index in [4.69, 9.17) is 9.47 Å². The predicted octanol–water partition coefficient (Wildman–Crippen LogP) is 3.05. The standard InChI is InChI=1S/C20H30N2O3/c1-5-21(6-2)15-17-8-7-13-22(17)20(23)12-10-16-9-11-18(24-3)19(14-16)25-4/h9-12,14,17H,5-8,13,15H2,1-4H3/b12-10+/t17-/m0/s1. The van der Waals surface area contributed by atoms with Gasteiger partial charge in [-0.3, -0.25) is 4.79 Å². The van der Waals surface area contributed by atoms with Crippen LogP contribution < -0.4 is 9.47 Å². The van der Waals surface area contributed by atoms with Crippen LogP contribution >= 0.6 is 0 Å². The third kappa shape index (κ3) is 4.98. The molecule has 1 aliphatic heterocycles. The fraction of sp³-hybridized carbons (Fsp3) is 0.550. The molecule has 1 heterocycles. The van der Waals surface area contributed by atoms with E-state index in [-0.39, 0.29) is 5.91 Å². The summed E-state index contributed by atoms with van der Waals surface area (Å²) in [4.78, 5) is 17.0.